The number of benzene rings is 1. The molecule has 1 amide bonds. The molecule has 2 atom stereocenters. The Labute approximate surface area is 122 Å². The van der Waals surface area contributed by atoms with Gasteiger partial charge in [-0.1, -0.05) is 11.6 Å². The van der Waals surface area contributed by atoms with E-state index in [-0.39, 0.29) is 35.1 Å². The maximum Gasteiger partial charge on any atom is 0.261 e. The summed E-state index contributed by atoms with van der Waals surface area (Å²) >= 11 is 5.79. The predicted molar refractivity (Wildman–Crippen MR) is 75.4 cm³/mol. The fourth-order valence-corrected chi connectivity index (χ4v) is 1.45. The molecule has 0 heterocycles. The molecule has 0 saturated carbocycles. The zero-order valence-electron chi connectivity index (χ0n) is 10.7. The maximum absolute atomic E-state index is 12.8. The quantitative estimate of drug-likeness (QED) is 0.875. The van der Waals surface area contributed by atoms with Crippen LogP contribution in [-0.2, 0) is 4.79 Å². The maximum atomic E-state index is 12.8. The minimum atomic E-state index is -0.734. The lowest BCUT2D eigenvalue weighted by molar-refractivity contribution is -0.127. The van der Waals surface area contributed by atoms with E-state index in [1.165, 1.54) is 12.1 Å². The molecule has 4 nitrogen and oxygen atoms in total. The minimum absolute atomic E-state index is 0. The summed E-state index contributed by atoms with van der Waals surface area (Å²) in [5, 5.41) is 2.80. The van der Waals surface area contributed by atoms with Gasteiger partial charge in [0, 0.05) is 12.6 Å². The number of ether oxygens (including phenoxy) is 1. The molecule has 0 saturated heterocycles. The van der Waals surface area contributed by atoms with Gasteiger partial charge in [-0.25, -0.2) is 4.39 Å². The molecule has 1 rings (SSSR count). The zero-order chi connectivity index (χ0) is 13.7. The highest BCUT2D eigenvalue weighted by atomic mass is 35.5. The highest BCUT2D eigenvalue weighted by Gasteiger charge is 2.17. The van der Waals surface area contributed by atoms with Crippen molar-refractivity contribution in [1.82, 2.24) is 5.32 Å². The number of amides is 1. The first-order valence-corrected chi connectivity index (χ1v) is 5.94. The summed E-state index contributed by atoms with van der Waals surface area (Å²) in [6.45, 7) is 3.71. The van der Waals surface area contributed by atoms with Gasteiger partial charge in [-0.15, -0.1) is 12.4 Å². The molecule has 1 aromatic carbocycles. The van der Waals surface area contributed by atoms with Gasteiger partial charge in [-0.2, -0.15) is 0 Å². The largest absolute Gasteiger partial charge is 0.479 e. The molecular formula is C12H17Cl2FN2O2. The second-order valence-electron chi connectivity index (χ2n) is 3.98. The van der Waals surface area contributed by atoms with E-state index < -0.39 is 11.9 Å². The third kappa shape index (κ3) is 5.63. The standard InChI is InChI=1S/C12H16ClFN2O2.ClH/c1-7(6-15)16-12(17)8(2)18-11-4-3-9(14)5-10(11)13;/h3-5,7-8H,6,15H2,1-2H3,(H,16,17);1H/t7-,8?;/m0./s1. The van der Waals surface area contributed by atoms with Crippen molar-refractivity contribution in [1.29, 1.82) is 0 Å². The van der Waals surface area contributed by atoms with Gasteiger partial charge in [-0.05, 0) is 32.0 Å². The van der Waals surface area contributed by atoms with Gasteiger partial charge in [0.15, 0.2) is 6.10 Å². The summed E-state index contributed by atoms with van der Waals surface area (Å²) < 4.78 is 18.2. The van der Waals surface area contributed by atoms with E-state index >= 15 is 0 Å². The van der Waals surface area contributed by atoms with Gasteiger partial charge in [-0.3, -0.25) is 4.79 Å². The lowest BCUT2D eigenvalue weighted by Gasteiger charge is -2.18. The number of carbonyl (C=O) groups excluding carboxylic acids is 1. The minimum Gasteiger partial charge on any atom is -0.479 e. The van der Waals surface area contributed by atoms with E-state index in [0.29, 0.717) is 6.54 Å². The Balaban J connectivity index is 0.00000324. The number of carbonyl (C=O) groups is 1. The van der Waals surface area contributed by atoms with E-state index in [2.05, 4.69) is 5.32 Å². The molecule has 0 spiro atoms. The first kappa shape index (κ1) is 18.0. The number of nitrogens with two attached hydrogens (primary N) is 1. The average molecular weight is 311 g/mol. The molecule has 0 fully saturated rings. The van der Waals surface area contributed by atoms with Crippen LogP contribution < -0.4 is 15.8 Å². The van der Waals surface area contributed by atoms with Crippen molar-refractivity contribution in [2.24, 2.45) is 5.73 Å². The average Bonchev–Trinajstić information content (AvgIpc) is 2.32. The summed E-state index contributed by atoms with van der Waals surface area (Å²) in [4.78, 5) is 11.7. The second kappa shape index (κ2) is 8.19. The van der Waals surface area contributed by atoms with Crippen LogP contribution in [0.25, 0.3) is 0 Å². The molecule has 7 heteroatoms. The number of hydrogen-bond donors (Lipinski definition) is 2. The molecular weight excluding hydrogens is 294 g/mol. The Kier molecular flexibility index (Phi) is 7.75. The number of hydrogen-bond acceptors (Lipinski definition) is 3. The van der Waals surface area contributed by atoms with Crippen LogP contribution in [0, 0.1) is 5.82 Å². The Hall–Kier alpha value is -1.04. The Morgan fingerprint density at radius 2 is 2.16 bits per heavy atom. The van der Waals surface area contributed by atoms with Crippen molar-refractivity contribution in [2.45, 2.75) is 26.0 Å². The van der Waals surface area contributed by atoms with Crippen molar-refractivity contribution < 1.29 is 13.9 Å². The lowest BCUT2D eigenvalue weighted by Crippen LogP contribution is -2.44. The van der Waals surface area contributed by atoms with Gasteiger partial charge in [0.2, 0.25) is 0 Å². The van der Waals surface area contributed by atoms with Gasteiger partial charge < -0.3 is 15.8 Å². The van der Waals surface area contributed by atoms with E-state index in [0.717, 1.165) is 6.07 Å². The third-order valence-corrected chi connectivity index (χ3v) is 2.60. The fourth-order valence-electron chi connectivity index (χ4n) is 1.23. The molecule has 0 aliphatic rings. The van der Waals surface area contributed by atoms with Crippen LogP contribution in [-0.4, -0.2) is 24.6 Å². The lowest BCUT2D eigenvalue weighted by atomic mass is 10.3. The highest BCUT2D eigenvalue weighted by Crippen LogP contribution is 2.25. The van der Waals surface area contributed by atoms with E-state index in [4.69, 9.17) is 22.1 Å². The van der Waals surface area contributed by atoms with Crippen LogP contribution in [0.4, 0.5) is 4.39 Å². The fraction of sp³-hybridized carbons (Fsp3) is 0.417. The molecule has 0 aromatic heterocycles. The normalized spacial score (nSPS) is 13.1. The SMILES string of the molecule is CC(Oc1ccc(F)cc1Cl)C(=O)N[C@@H](C)CN.Cl. The van der Waals surface area contributed by atoms with E-state index in [1.807, 2.05) is 0 Å². The van der Waals surface area contributed by atoms with Crippen molar-refractivity contribution in [3.63, 3.8) is 0 Å². The van der Waals surface area contributed by atoms with Crippen LogP contribution in [0.2, 0.25) is 5.02 Å². The van der Waals surface area contributed by atoms with Crippen molar-refractivity contribution in [2.75, 3.05) is 6.54 Å². The molecule has 0 aliphatic heterocycles. The molecule has 1 aromatic rings. The summed E-state index contributed by atoms with van der Waals surface area (Å²) in [5.74, 6) is -0.490. The van der Waals surface area contributed by atoms with Gasteiger partial charge in [0.05, 0.1) is 5.02 Å². The predicted octanol–water partition coefficient (Wildman–Crippen LogP) is 2.13. The van der Waals surface area contributed by atoms with Gasteiger partial charge in [0.25, 0.3) is 5.91 Å². The molecule has 108 valence electrons. The number of halogens is 3. The number of rotatable bonds is 5. The molecule has 0 bridgehead atoms. The Bertz CT molecular complexity index is 432. The third-order valence-electron chi connectivity index (χ3n) is 2.31. The van der Waals surface area contributed by atoms with Crippen LogP contribution in [0.5, 0.6) is 5.75 Å². The highest BCUT2D eigenvalue weighted by molar-refractivity contribution is 6.32. The summed E-state index contributed by atoms with van der Waals surface area (Å²) in [5.41, 5.74) is 5.40. The van der Waals surface area contributed by atoms with Crippen LogP contribution in [0.15, 0.2) is 18.2 Å². The van der Waals surface area contributed by atoms with Gasteiger partial charge in [0.1, 0.15) is 11.6 Å². The smallest absolute Gasteiger partial charge is 0.261 e. The molecule has 1 unspecified atom stereocenters. The van der Waals surface area contributed by atoms with E-state index in [9.17, 15) is 9.18 Å². The first-order chi connectivity index (χ1) is 8.43. The van der Waals surface area contributed by atoms with Crippen LogP contribution >= 0.6 is 24.0 Å². The van der Waals surface area contributed by atoms with Gasteiger partial charge >= 0.3 is 0 Å². The second-order valence-corrected chi connectivity index (χ2v) is 4.39. The summed E-state index contributed by atoms with van der Waals surface area (Å²) in [6.07, 6.45) is -0.734. The Morgan fingerprint density at radius 1 is 1.53 bits per heavy atom. The Morgan fingerprint density at radius 3 is 2.68 bits per heavy atom. The molecule has 19 heavy (non-hydrogen) atoms. The molecule has 0 radical (unpaired) electrons. The molecule has 0 aliphatic carbocycles. The van der Waals surface area contributed by atoms with Crippen LogP contribution in [0.1, 0.15) is 13.8 Å². The number of nitrogens with one attached hydrogen (secondary N) is 1. The molecule has 3 N–H and O–H groups in total. The summed E-state index contributed by atoms with van der Waals surface area (Å²) in [6, 6.07) is 3.60. The summed E-state index contributed by atoms with van der Waals surface area (Å²) in [7, 11) is 0. The van der Waals surface area contributed by atoms with Crippen LogP contribution in [0.3, 0.4) is 0 Å². The zero-order valence-corrected chi connectivity index (χ0v) is 12.2. The van der Waals surface area contributed by atoms with Crippen molar-refractivity contribution in [3.8, 4) is 5.75 Å². The van der Waals surface area contributed by atoms with Crippen molar-refractivity contribution >= 4 is 29.9 Å². The van der Waals surface area contributed by atoms with E-state index in [1.54, 1.807) is 13.8 Å². The topological polar surface area (TPSA) is 64.3 Å². The first-order valence-electron chi connectivity index (χ1n) is 5.56. The monoisotopic (exact) mass is 310 g/mol. The van der Waals surface area contributed by atoms with Crippen molar-refractivity contribution in [3.05, 3.63) is 29.0 Å².